The van der Waals surface area contributed by atoms with Gasteiger partial charge in [-0.3, -0.25) is 0 Å². The predicted molar refractivity (Wildman–Crippen MR) is 321 cm³/mol. The minimum atomic E-state index is 0.940. The zero-order chi connectivity index (χ0) is 51.2. The summed E-state index contributed by atoms with van der Waals surface area (Å²) >= 11 is 0. The van der Waals surface area contributed by atoms with Crippen molar-refractivity contribution in [3.8, 4) is 11.8 Å². The number of nitrogens with zero attached hydrogens (tertiary/aromatic N) is 2. The number of allylic oxidation sites excluding steroid dienone is 2. The molecule has 2 aromatic carbocycles. The second-order valence-electron chi connectivity index (χ2n) is 22.6. The van der Waals surface area contributed by atoms with Gasteiger partial charge >= 0.3 is 0 Å². The normalized spacial score (nSPS) is 12.7. The predicted octanol–water partition coefficient (Wildman–Crippen LogP) is 24.0. The molecule has 0 unspecified atom stereocenters. The molecule has 0 saturated heterocycles. The van der Waals surface area contributed by atoms with Crippen LogP contribution >= 0.6 is 0 Å². The first-order chi connectivity index (χ1) is 35.7. The summed E-state index contributed by atoms with van der Waals surface area (Å²) in [5.41, 5.74) is 22.3. The van der Waals surface area contributed by atoms with E-state index in [0.29, 0.717) is 0 Å². The Morgan fingerprint density at radius 1 is 0.333 bits per heavy atom. The number of benzene rings is 2. The lowest BCUT2D eigenvalue weighted by molar-refractivity contribution is -0.345. The van der Waals surface area contributed by atoms with Gasteiger partial charge in [-0.05, 0) is 87.1 Å². The third-order valence-electron chi connectivity index (χ3n) is 16.0. The fourth-order valence-corrected chi connectivity index (χ4v) is 11.4. The summed E-state index contributed by atoms with van der Waals surface area (Å²) in [5.74, 6) is 7.04. The Bertz CT molecular complexity index is 1750. The second-order valence-corrected chi connectivity index (χ2v) is 22.6. The van der Waals surface area contributed by atoms with E-state index in [0.717, 1.165) is 82.0 Å². The van der Waals surface area contributed by atoms with Gasteiger partial charge in [-0.25, -0.2) is 4.70 Å². The summed E-state index contributed by atoms with van der Waals surface area (Å²) in [6, 6.07) is 18.1. The van der Waals surface area contributed by atoms with Crippen LogP contribution in [-0.4, -0.2) is 4.70 Å². The van der Waals surface area contributed by atoms with Crippen molar-refractivity contribution in [3.63, 3.8) is 0 Å². The Morgan fingerprint density at radius 2 is 0.708 bits per heavy atom. The van der Waals surface area contributed by atoms with Crippen LogP contribution in [0, 0.1) is 11.8 Å². The number of rotatable bonds is 49. The minimum absolute atomic E-state index is 0.940. The molecular weight excluding hydrogens is 869 g/mol. The highest BCUT2D eigenvalue weighted by atomic mass is 15.2. The molecule has 0 amide bonds. The molecule has 0 aliphatic carbocycles. The van der Waals surface area contributed by atoms with Crippen molar-refractivity contribution in [2.75, 3.05) is 0 Å². The third-order valence-corrected chi connectivity index (χ3v) is 16.0. The fraction of sp³-hybridized carbons (Fsp3) is 0.743. The molecule has 0 atom stereocenters. The Morgan fingerprint density at radius 3 is 1.15 bits per heavy atom. The molecule has 1 aliphatic rings. The van der Waals surface area contributed by atoms with E-state index in [9.17, 15) is 5.53 Å². The van der Waals surface area contributed by atoms with Gasteiger partial charge in [-0.2, -0.15) is 0 Å². The molecule has 0 N–H and O–H groups in total. The maximum Gasteiger partial charge on any atom is 0.211 e. The molecule has 0 fully saturated rings. The van der Waals surface area contributed by atoms with E-state index >= 15 is 0 Å². The largest absolute Gasteiger partial charge is 0.493 e. The summed E-state index contributed by atoms with van der Waals surface area (Å²) in [4.78, 5) is 0. The van der Waals surface area contributed by atoms with Gasteiger partial charge in [0.2, 0.25) is 11.4 Å². The molecule has 0 radical (unpaired) electrons. The van der Waals surface area contributed by atoms with Gasteiger partial charge in [0.1, 0.15) is 0 Å². The van der Waals surface area contributed by atoms with E-state index in [1.807, 2.05) is 0 Å². The number of aryl methyl sites for hydroxylation is 2. The van der Waals surface area contributed by atoms with Crippen LogP contribution in [0.3, 0.4) is 0 Å². The lowest BCUT2D eigenvalue weighted by Gasteiger charge is -2.13. The smallest absolute Gasteiger partial charge is 0.211 e. The summed E-state index contributed by atoms with van der Waals surface area (Å²) in [6.07, 6.45) is 64.1. The second kappa shape index (κ2) is 45.5. The van der Waals surface area contributed by atoms with Crippen molar-refractivity contribution in [3.05, 3.63) is 87.5 Å². The molecule has 72 heavy (non-hydrogen) atoms. The van der Waals surface area contributed by atoms with E-state index in [4.69, 9.17) is 0 Å². The summed E-state index contributed by atoms with van der Waals surface area (Å²) in [7, 11) is 0. The molecule has 1 aliphatic heterocycles. The van der Waals surface area contributed by atoms with E-state index in [2.05, 4.69) is 88.1 Å². The van der Waals surface area contributed by atoms with Crippen LogP contribution in [0.2, 0.25) is 0 Å². The first-order valence-corrected chi connectivity index (χ1v) is 32.2. The first kappa shape index (κ1) is 63.4. The van der Waals surface area contributed by atoms with Crippen molar-refractivity contribution in [1.29, 1.82) is 0 Å². The summed E-state index contributed by atoms with van der Waals surface area (Å²) < 4.78 is 1.62. The first-order valence-electron chi connectivity index (χ1n) is 32.2. The van der Waals surface area contributed by atoms with Gasteiger partial charge in [0, 0.05) is 35.1 Å². The molecular formula is C70H116N2. The average Bonchev–Trinajstić information content (AvgIpc) is 3.67. The molecule has 0 aromatic heterocycles. The minimum Gasteiger partial charge on any atom is -0.493 e. The van der Waals surface area contributed by atoms with E-state index in [1.54, 1.807) is 4.70 Å². The molecule has 2 aromatic rings. The molecule has 2 heteroatoms. The van der Waals surface area contributed by atoms with Crippen molar-refractivity contribution >= 4 is 11.4 Å². The van der Waals surface area contributed by atoms with Crippen molar-refractivity contribution in [1.82, 2.24) is 0 Å². The highest BCUT2D eigenvalue weighted by Crippen LogP contribution is 2.45. The highest BCUT2D eigenvalue weighted by Gasteiger charge is 2.36. The molecule has 406 valence electrons. The Hall–Kier alpha value is -2.92. The fourth-order valence-electron chi connectivity index (χ4n) is 11.4. The Kier molecular flexibility index (Phi) is 40.0. The van der Waals surface area contributed by atoms with Crippen LogP contribution in [0.15, 0.2) is 59.7 Å². The Balaban J connectivity index is 1.38. The van der Waals surface area contributed by atoms with Gasteiger partial charge in [0.05, 0.1) is 0 Å². The summed E-state index contributed by atoms with van der Waals surface area (Å²) in [6.45, 7) is 9.20. The van der Waals surface area contributed by atoms with Gasteiger partial charge in [-0.1, -0.05) is 296 Å². The quantitative estimate of drug-likeness (QED) is 0.0359. The zero-order valence-corrected chi connectivity index (χ0v) is 48.5. The molecule has 2 nitrogen and oxygen atoms in total. The van der Waals surface area contributed by atoms with Crippen LogP contribution in [0.5, 0.6) is 0 Å². The van der Waals surface area contributed by atoms with E-state index in [1.165, 1.54) is 271 Å². The molecule has 0 saturated carbocycles. The number of hydrogen-bond donors (Lipinski definition) is 0. The van der Waals surface area contributed by atoms with E-state index in [-0.39, 0.29) is 0 Å². The number of unbranched alkanes of at least 4 members (excludes halogenated alkanes) is 39. The topological polar surface area (TPSA) is 25.3 Å². The Labute approximate surface area is 449 Å². The maximum absolute atomic E-state index is 12.4. The highest BCUT2D eigenvalue weighted by molar-refractivity contribution is 5.83. The van der Waals surface area contributed by atoms with Gasteiger partial charge in [-0.15, -0.1) is 11.8 Å². The van der Waals surface area contributed by atoms with Crippen LogP contribution in [-0.2, 0) is 12.8 Å². The number of hydrogen-bond acceptors (Lipinski definition) is 0. The molecule has 0 spiro atoms. The van der Waals surface area contributed by atoms with Crippen molar-refractivity contribution in [2.45, 2.75) is 336 Å². The van der Waals surface area contributed by atoms with Crippen molar-refractivity contribution < 1.29 is 4.70 Å². The maximum atomic E-state index is 12.4. The molecule has 1 heterocycles. The zero-order valence-electron chi connectivity index (χ0n) is 48.5. The monoisotopic (exact) mass is 985 g/mol. The lowest BCUT2D eigenvalue weighted by atomic mass is 9.90. The third kappa shape index (κ3) is 29.2. The molecule has 3 rings (SSSR count). The van der Waals surface area contributed by atoms with Gasteiger partial charge in [0.15, 0.2) is 0 Å². The van der Waals surface area contributed by atoms with Gasteiger partial charge in [0.25, 0.3) is 0 Å². The summed E-state index contributed by atoms with van der Waals surface area (Å²) in [5, 5.41) is 0. The molecule has 0 bridgehead atoms. The SMILES string of the molecule is CCCCCCCCCCCCCCCCCCCCCC#CCCCc1ccccc1C1=C(CCCC)C(CCCC)=C(c2cccc(CCCCCCCCCCCCCCCCCCCC)c2)[N+]1=[N-]. The average molecular weight is 986 g/mol. The van der Waals surface area contributed by atoms with Crippen LogP contribution in [0.4, 0.5) is 0 Å². The van der Waals surface area contributed by atoms with Crippen LogP contribution < -0.4 is 0 Å². The lowest BCUT2D eigenvalue weighted by Crippen LogP contribution is -2.05. The van der Waals surface area contributed by atoms with Gasteiger partial charge < -0.3 is 5.53 Å². The van der Waals surface area contributed by atoms with E-state index < -0.39 is 0 Å². The van der Waals surface area contributed by atoms with Crippen molar-refractivity contribution in [2.24, 2.45) is 0 Å². The standard InChI is InChI=1S/C70H116N2/c1-5-9-13-15-17-19-21-23-25-27-29-30-31-32-33-34-36-38-40-42-44-46-48-50-56-64-57-51-52-61-66(64)70-68(60-12-8-4)67(59-11-7-3)69(72(70)71)65-58-53-55-63(62-65)54-49-47-45-43-41-39-37-35-28-26-24-22-20-18-16-14-10-6-2/h51-53,55,57-58,61-62H,5-43,45,47-50,54,56,59-60H2,1-4H3. The van der Waals surface area contributed by atoms with Crippen LogP contribution in [0.1, 0.15) is 345 Å². The van der Waals surface area contributed by atoms with Crippen LogP contribution in [0.25, 0.3) is 16.9 Å².